The Morgan fingerprint density at radius 1 is 1.53 bits per heavy atom. The van der Waals surface area contributed by atoms with Gasteiger partial charge in [0.25, 0.3) is 0 Å². The summed E-state index contributed by atoms with van der Waals surface area (Å²) < 4.78 is 18.7. The van der Waals surface area contributed by atoms with Crippen LogP contribution in [0.15, 0.2) is 0 Å². The Morgan fingerprint density at radius 3 is 3.00 bits per heavy atom. The Bertz CT molecular complexity index is 204. The van der Waals surface area contributed by atoms with Gasteiger partial charge in [-0.2, -0.15) is 0 Å². The molecule has 1 aliphatic heterocycles. The largest absolute Gasteiger partial charge is 0.616 e. The zero-order valence-corrected chi connectivity index (χ0v) is 11.0. The molecule has 1 saturated heterocycles. The van der Waals surface area contributed by atoms with Crippen molar-refractivity contribution in [3.05, 3.63) is 0 Å². The minimum Gasteiger partial charge on any atom is -0.130 e. The molecule has 0 aromatic rings. The van der Waals surface area contributed by atoms with Crippen molar-refractivity contribution in [2.24, 2.45) is 0 Å². The molecular formula is C10H20ClNO2P+. The topological polar surface area (TPSA) is 29.5 Å². The van der Waals surface area contributed by atoms with Gasteiger partial charge in [-0.3, -0.25) is 0 Å². The van der Waals surface area contributed by atoms with E-state index in [1.807, 2.05) is 4.67 Å². The molecule has 2 unspecified atom stereocenters. The lowest BCUT2D eigenvalue weighted by Gasteiger charge is -2.23. The smallest absolute Gasteiger partial charge is 0.130 e. The molecule has 0 N–H and O–H groups in total. The van der Waals surface area contributed by atoms with E-state index in [4.69, 9.17) is 16.1 Å². The quantitative estimate of drug-likeness (QED) is 0.411. The molecule has 0 radical (unpaired) electrons. The van der Waals surface area contributed by atoms with Gasteiger partial charge in [0.15, 0.2) is 0 Å². The number of alkyl halides is 1. The molecule has 0 aromatic carbocycles. The fraction of sp³-hybridized carbons (Fsp3) is 1.00. The Kier molecular flexibility index (Phi) is 6.74. The van der Waals surface area contributed by atoms with Gasteiger partial charge in [0, 0.05) is 5.88 Å². The van der Waals surface area contributed by atoms with E-state index in [1.54, 1.807) is 0 Å². The van der Waals surface area contributed by atoms with Crippen LogP contribution in [0.2, 0.25) is 0 Å². The van der Waals surface area contributed by atoms with E-state index < -0.39 is 8.18 Å². The Morgan fingerprint density at radius 2 is 2.33 bits per heavy atom. The first kappa shape index (κ1) is 13.4. The molecule has 0 saturated carbocycles. The molecule has 0 amide bonds. The Hall–Kier alpha value is 0.310. The van der Waals surface area contributed by atoms with Crippen molar-refractivity contribution in [1.29, 1.82) is 0 Å². The van der Waals surface area contributed by atoms with Gasteiger partial charge in [0.05, 0.1) is 12.6 Å². The van der Waals surface area contributed by atoms with Crippen molar-refractivity contribution in [2.45, 2.75) is 45.1 Å². The molecule has 0 aliphatic carbocycles. The molecule has 88 valence electrons. The van der Waals surface area contributed by atoms with Gasteiger partial charge in [-0.05, 0) is 17.4 Å². The van der Waals surface area contributed by atoms with Crippen molar-refractivity contribution in [3.8, 4) is 0 Å². The maximum atomic E-state index is 11.6. The van der Waals surface area contributed by atoms with Crippen molar-refractivity contribution in [2.75, 3.05) is 19.0 Å². The number of halogens is 1. The summed E-state index contributed by atoms with van der Waals surface area (Å²) in [6, 6.07) is 0.410. The van der Waals surface area contributed by atoms with Crippen LogP contribution in [-0.2, 0) is 9.09 Å². The normalized spacial score (nSPS) is 25.7. The highest BCUT2D eigenvalue weighted by Gasteiger charge is 2.40. The van der Waals surface area contributed by atoms with Crippen LogP contribution in [0.5, 0.6) is 0 Å². The van der Waals surface area contributed by atoms with Gasteiger partial charge in [0.1, 0.15) is 6.61 Å². The highest BCUT2D eigenvalue weighted by atomic mass is 35.5. The van der Waals surface area contributed by atoms with Gasteiger partial charge < -0.3 is 0 Å². The summed E-state index contributed by atoms with van der Waals surface area (Å²) in [4.78, 5) is 0. The third kappa shape index (κ3) is 4.36. The molecule has 1 heterocycles. The standard InChI is InChI=1S/C10H20ClNO2P/c1-2-3-4-5-10-6-9-14-15(13)12(10)8-7-11/h10H,2-9H2,1H3/q+1. The van der Waals surface area contributed by atoms with Gasteiger partial charge in [-0.15, -0.1) is 16.1 Å². The summed E-state index contributed by atoms with van der Waals surface area (Å²) in [7, 11) is -1.62. The average molecular weight is 253 g/mol. The van der Waals surface area contributed by atoms with Gasteiger partial charge in [0.2, 0.25) is 0 Å². The summed E-state index contributed by atoms with van der Waals surface area (Å²) in [5, 5.41) is 0. The van der Waals surface area contributed by atoms with Crippen molar-refractivity contribution in [1.82, 2.24) is 4.67 Å². The minimum absolute atomic E-state index is 0.410. The third-order valence-corrected chi connectivity index (χ3v) is 4.26. The number of unbranched alkanes of at least 4 members (excludes halogenated alkanes) is 2. The van der Waals surface area contributed by atoms with Gasteiger partial charge in [-0.1, -0.05) is 30.9 Å². The van der Waals surface area contributed by atoms with Crippen LogP contribution in [0.3, 0.4) is 0 Å². The highest BCUT2D eigenvalue weighted by molar-refractivity contribution is 7.36. The van der Waals surface area contributed by atoms with Crippen molar-refractivity contribution >= 4 is 19.8 Å². The van der Waals surface area contributed by atoms with Crippen LogP contribution >= 0.6 is 19.8 Å². The van der Waals surface area contributed by atoms with E-state index in [2.05, 4.69) is 6.92 Å². The fourth-order valence-electron chi connectivity index (χ4n) is 1.90. The first-order valence-electron chi connectivity index (χ1n) is 5.72. The molecule has 1 fully saturated rings. The zero-order chi connectivity index (χ0) is 11.1. The van der Waals surface area contributed by atoms with E-state index >= 15 is 0 Å². The number of hydrogen-bond donors (Lipinski definition) is 0. The molecule has 0 spiro atoms. The van der Waals surface area contributed by atoms with Crippen LogP contribution in [0.4, 0.5) is 0 Å². The summed E-state index contributed by atoms with van der Waals surface area (Å²) in [6.07, 6.45) is 5.80. The molecule has 15 heavy (non-hydrogen) atoms. The maximum absolute atomic E-state index is 11.6. The van der Waals surface area contributed by atoms with Crippen LogP contribution in [0.1, 0.15) is 39.0 Å². The monoisotopic (exact) mass is 252 g/mol. The molecule has 1 rings (SSSR count). The molecule has 0 bridgehead atoms. The third-order valence-electron chi connectivity index (χ3n) is 2.74. The molecule has 5 heteroatoms. The molecule has 2 atom stereocenters. The number of hydrogen-bond acceptors (Lipinski definition) is 2. The van der Waals surface area contributed by atoms with Crippen LogP contribution in [0, 0.1) is 0 Å². The molecule has 1 aliphatic rings. The Balaban J connectivity index is 2.39. The second-order valence-corrected chi connectivity index (χ2v) is 5.49. The van der Waals surface area contributed by atoms with E-state index in [9.17, 15) is 4.57 Å². The first-order chi connectivity index (χ1) is 7.29. The lowest BCUT2D eigenvalue weighted by molar-refractivity contribution is 0.168. The van der Waals surface area contributed by atoms with Crippen LogP contribution < -0.4 is 0 Å². The van der Waals surface area contributed by atoms with E-state index in [-0.39, 0.29) is 0 Å². The van der Waals surface area contributed by atoms with Crippen molar-refractivity contribution < 1.29 is 9.09 Å². The number of rotatable bonds is 6. The molecular weight excluding hydrogens is 233 g/mol. The van der Waals surface area contributed by atoms with E-state index in [0.29, 0.717) is 25.1 Å². The lowest BCUT2D eigenvalue weighted by atomic mass is 10.1. The van der Waals surface area contributed by atoms with Crippen LogP contribution in [-0.4, -0.2) is 29.7 Å². The second kappa shape index (κ2) is 7.56. The molecule has 3 nitrogen and oxygen atoms in total. The van der Waals surface area contributed by atoms with Gasteiger partial charge in [-0.25, -0.2) is 0 Å². The zero-order valence-electron chi connectivity index (χ0n) is 9.32. The summed E-state index contributed by atoms with van der Waals surface area (Å²) >= 11 is 5.70. The summed E-state index contributed by atoms with van der Waals surface area (Å²) in [6.45, 7) is 3.50. The van der Waals surface area contributed by atoms with E-state index in [0.717, 1.165) is 12.8 Å². The summed E-state index contributed by atoms with van der Waals surface area (Å²) in [5.41, 5.74) is 0. The average Bonchev–Trinajstić information content (AvgIpc) is 2.23. The maximum Gasteiger partial charge on any atom is 0.616 e. The van der Waals surface area contributed by atoms with Gasteiger partial charge >= 0.3 is 8.18 Å². The molecule has 0 aromatic heterocycles. The minimum atomic E-state index is -1.62. The fourth-order valence-corrected chi connectivity index (χ4v) is 3.37. The lowest BCUT2D eigenvalue weighted by Crippen LogP contribution is -2.35. The SMILES string of the molecule is CCCCCC1CCO[P+](=O)N1CCCl. The van der Waals surface area contributed by atoms with E-state index in [1.165, 1.54) is 19.3 Å². The second-order valence-electron chi connectivity index (χ2n) is 3.86. The summed E-state index contributed by atoms with van der Waals surface area (Å²) in [5.74, 6) is 0.523. The van der Waals surface area contributed by atoms with Crippen LogP contribution in [0.25, 0.3) is 0 Å². The predicted octanol–water partition coefficient (Wildman–Crippen LogP) is 3.55. The predicted molar refractivity (Wildman–Crippen MR) is 63.5 cm³/mol. The Labute approximate surface area is 98.0 Å². The number of nitrogens with zero attached hydrogens (tertiary/aromatic N) is 1. The van der Waals surface area contributed by atoms with Crippen molar-refractivity contribution in [3.63, 3.8) is 0 Å². The first-order valence-corrected chi connectivity index (χ1v) is 7.38. The highest BCUT2D eigenvalue weighted by Crippen LogP contribution is 2.37.